The molecule has 0 unspecified atom stereocenters. The van der Waals surface area contributed by atoms with Gasteiger partial charge in [0.25, 0.3) is 5.91 Å². The van der Waals surface area contributed by atoms with Gasteiger partial charge in [-0.2, -0.15) is 0 Å². The summed E-state index contributed by atoms with van der Waals surface area (Å²) >= 11 is 6.89. The van der Waals surface area contributed by atoms with E-state index in [1.807, 2.05) is 30.3 Å². The van der Waals surface area contributed by atoms with Gasteiger partial charge in [0.05, 0.1) is 17.1 Å². The van der Waals surface area contributed by atoms with Gasteiger partial charge in [-0.15, -0.1) is 11.3 Å². The minimum atomic E-state index is -0.554. The molecule has 0 saturated carbocycles. The molecule has 2 amide bonds. The summed E-state index contributed by atoms with van der Waals surface area (Å²) in [7, 11) is 0. The normalized spacial score (nSPS) is 10.5. The summed E-state index contributed by atoms with van der Waals surface area (Å²) in [6, 6.07) is 13.5. The lowest BCUT2D eigenvalue weighted by Crippen LogP contribution is -2.22. The van der Waals surface area contributed by atoms with E-state index in [1.165, 1.54) is 29.5 Å². The molecule has 3 aromatic rings. The smallest absolute Gasteiger partial charge is 0.263 e. The van der Waals surface area contributed by atoms with Crippen molar-refractivity contribution in [2.45, 2.75) is 19.9 Å². The van der Waals surface area contributed by atoms with Gasteiger partial charge in [-0.05, 0) is 30.7 Å². The number of nitrogens with one attached hydrogen (secondary N) is 2. The molecular formula is C20H17ClFN3O2S. The zero-order chi connectivity index (χ0) is 20.1. The third-order valence-electron chi connectivity index (χ3n) is 3.86. The van der Waals surface area contributed by atoms with E-state index in [-0.39, 0.29) is 23.3 Å². The minimum Gasteiger partial charge on any atom is -0.347 e. The highest BCUT2D eigenvalue weighted by Crippen LogP contribution is 2.21. The van der Waals surface area contributed by atoms with Gasteiger partial charge in [0.1, 0.15) is 15.7 Å². The fourth-order valence-electron chi connectivity index (χ4n) is 2.51. The van der Waals surface area contributed by atoms with E-state index in [0.29, 0.717) is 27.8 Å². The predicted octanol–water partition coefficient (Wildman–Crippen LogP) is 4.36. The Balaban J connectivity index is 1.60. The molecule has 0 spiro atoms. The molecule has 0 radical (unpaired) electrons. The average Bonchev–Trinajstić information content (AvgIpc) is 3.03. The van der Waals surface area contributed by atoms with Gasteiger partial charge in [0.2, 0.25) is 5.91 Å². The first-order chi connectivity index (χ1) is 13.4. The number of aryl methyl sites for hydroxylation is 1. The Hall–Kier alpha value is -2.77. The number of anilines is 1. The van der Waals surface area contributed by atoms with E-state index in [1.54, 1.807) is 6.92 Å². The number of carbonyl (C=O) groups is 2. The maximum Gasteiger partial charge on any atom is 0.263 e. The first kappa shape index (κ1) is 20.0. The highest BCUT2D eigenvalue weighted by Gasteiger charge is 2.17. The summed E-state index contributed by atoms with van der Waals surface area (Å²) in [5.41, 5.74) is 1.96. The largest absolute Gasteiger partial charge is 0.347 e. The van der Waals surface area contributed by atoms with Crippen molar-refractivity contribution in [3.63, 3.8) is 0 Å². The van der Waals surface area contributed by atoms with Crippen LogP contribution in [0.1, 0.15) is 25.9 Å². The third kappa shape index (κ3) is 5.15. The van der Waals surface area contributed by atoms with Crippen molar-refractivity contribution < 1.29 is 14.0 Å². The van der Waals surface area contributed by atoms with Gasteiger partial charge in [-0.1, -0.05) is 41.9 Å². The fourth-order valence-corrected chi connectivity index (χ4v) is 3.67. The van der Waals surface area contributed by atoms with Gasteiger partial charge in [0, 0.05) is 12.2 Å². The molecule has 5 nitrogen and oxygen atoms in total. The molecule has 1 aromatic heterocycles. The molecule has 0 aliphatic heterocycles. The number of aromatic nitrogens is 1. The average molecular weight is 418 g/mol. The number of hydrogen-bond acceptors (Lipinski definition) is 4. The summed E-state index contributed by atoms with van der Waals surface area (Å²) < 4.78 is 13.2. The molecule has 0 aliphatic carbocycles. The zero-order valence-corrected chi connectivity index (χ0v) is 16.5. The molecule has 0 aliphatic rings. The van der Waals surface area contributed by atoms with Crippen LogP contribution in [0.25, 0.3) is 0 Å². The SMILES string of the molecule is Cc1nc(CC(=O)Nc2ccc(F)c(Cl)c2)sc1C(=O)NCc1ccccc1. The Morgan fingerprint density at radius 1 is 1.18 bits per heavy atom. The Morgan fingerprint density at radius 2 is 1.93 bits per heavy atom. The Bertz CT molecular complexity index is 1010. The second-order valence-corrected chi connectivity index (χ2v) is 7.54. The predicted molar refractivity (Wildman–Crippen MR) is 108 cm³/mol. The number of amides is 2. The molecule has 8 heteroatoms. The molecular weight excluding hydrogens is 401 g/mol. The van der Waals surface area contributed by atoms with E-state index in [4.69, 9.17) is 11.6 Å². The van der Waals surface area contributed by atoms with Crippen molar-refractivity contribution in [2.75, 3.05) is 5.32 Å². The molecule has 0 fully saturated rings. The zero-order valence-electron chi connectivity index (χ0n) is 15.0. The van der Waals surface area contributed by atoms with Crippen LogP contribution in [0.4, 0.5) is 10.1 Å². The van der Waals surface area contributed by atoms with E-state index < -0.39 is 5.82 Å². The molecule has 0 bridgehead atoms. The van der Waals surface area contributed by atoms with Crippen LogP contribution in [0.2, 0.25) is 5.02 Å². The Labute approximate surface area is 170 Å². The van der Waals surface area contributed by atoms with Crippen LogP contribution in [-0.4, -0.2) is 16.8 Å². The van der Waals surface area contributed by atoms with Crippen LogP contribution >= 0.6 is 22.9 Å². The Kier molecular flexibility index (Phi) is 6.38. The topological polar surface area (TPSA) is 71.1 Å². The molecule has 144 valence electrons. The molecule has 2 aromatic carbocycles. The quantitative estimate of drug-likeness (QED) is 0.626. The molecule has 1 heterocycles. The van der Waals surface area contributed by atoms with Crippen molar-refractivity contribution >= 4 is 40.4 Å². The number of thiazole rings is 1. The summed E-state index contributed by atoms with van der Waals surface area (Å²) in [5.74, 6) is -1.11. The minimum absolute atomic E-state index is 0.00642. The van der Waals surface area contributed by atoms with Crippen LogP contribution in [0, 0.1) is 12.7 Å². The number of benzene rings is 2. The monoisotopic (exact) mass is 417 g/mol. The van der Waals surface area contributed by atoms with Crippen LogP contribution in [0.5, 0.6) is 0 Å². The van der Waals surface area contributed by atoms with Crippen LogP contribution < -0.4 is 10.6 Å². The maximum atomic E-state index is 13.2. The number of carbonyl (C=O) groups excluding carboxylic acids is 2. The first-order valence-electron chi connectivity index (χ1n) is 8.45. The molecule has 3 rings (SSSR count). The lowest BCUT2D eigenvalue weighted by molar-refractivity contribution is -0.115. The van der Waals surface area contributed by atoms with Gasteiger partial charge >= 0.3 is 0 Å². The van der Waals surface area contributed by atoms with Crippen molar-refractivity contribution in [3.8, 4) is 0 Å². The van der Waals surface area contributed by atoms with Crippen molar-refractivity contribution in [3.05, 3.63) is 80.5 Å². The molecule has 0 atom stereocenters. The van der Waals surface area contributed by atoms with Gasteiger partial charge in [0.15, 0.2) is 0 Å². The van der Waals surface area contributed by atoms with E-state index >= 15 is 0 Å². The molecule has 0 saturated heterocycles. The number of rotatable bonds is 6. The fraction of sp³-hybridized carbons (Fsp3) is 0.150. The van der Waals surface area contributed by atoms with Crippen molar-refractivity contribution in [1.82, 2.24) is 10.3 Å². The summed E-state index contributed by atoms with van der Waals surface area (Å²) in [6.45, 7) is 2.15. The molecule has 2 N–H and O–H groups in total. The number of hydrogen-bond donors (Lipinski definition) is 2. The molecule has 28 heavy (non-hydrogen) atoms. The van der Waals surface area contributed by atoms with Crippen LogP contribution in [-0.2, 0) is 17.8 Å². The second kappa shape index (κ2) is 8.95. The van der Waals surface area contributed by atoms with Crippen molar-refractivity contribution in [1.29, 1.82) is 0 Å². The van der Waals surface area contributed by atoms with Crippen LogP contribution in [0.3, 0.4) is 0 Å². The van der Waals surface area contributed by atoms with E-state index in [0.717, 1.165) is 5.56 Å². The van der Waals surface area contributed by atoms with Crippen molar-refractivity contribution in [2.24, 2.45) is 0 Å². The summed E-state index contributed by atoms with van der Waals surface area (Å²) in [6.07, 6.45) is 0.00642. The Morgan fingerprint density at radius 3 is 2.64 bits per heavy atom. The third-order valence-corrected chi connectivity index (χ3v) is 5.30. The lowest BCUT2D eigenvalue weighted by atomic mass is 10.2. The number of halogens is 2. The summed E-state index contributed by atoms with van der Waals surface area (Å²) in [5, 5.41) is 5.95. The van der Waals surface area contributed by atoms with E-state index in [2.05, 4.69) is 15.6 Å². The highest BCUT2D eigenvalue weighted by molar-refractivity contribution is 7.13. The van der Waals surface area contributed by atoms with Crippen LogP contribution in [0.15, 0.2) is 48.5 Å². The van der Waals surface area contributed by atoms with Gasteiger partial charge in [-0.3, -0.25) is 9.59 Å². The highest BCUT2D eigenvalue weighted by atomic mass is 35.5. The maximum absolute atomic E-state index is 13.2. The first-order valence-corrected chi connectivity index (χ1v) is 9.65. The second-order valence-electron chi connectivity index (χ2n) is 6.04. The standard InChI is InChI=1S/C20H17ClFN3O2S/c1-12-19(20(27)23-11-13-5-3-2-4-6-13)28-18(24-12)10-17(26)25-14-7-8-16(22)15(21)9-14/h2-9H,10-11H2,1H3,(H,23,27)(H,25,26). The summed E-state index contributed by atoms with van der Waals surface area (Å²) in [4.78, 5) is 29.4. The van der Waals surface area contributed by atoms with Gasteiger partial charge < -0.3 is 10.6 Å². The lowest BCUT2D eigenvalue weighted by Gasteiger charge is -2.05. The van der Waals surface area contributed by atoms with Gasteiger partial charge in [-0.25, -0.2) is 9.37 Å². The number of nitrogens with zero attached hydrogens (tertiary/aromatic N) is 1. The van der Waals surface area contributed by atoms with E-state index in [9.17, 15) is 14.0 Å².